The number of anilines is 1. The van der Waals surface area contributed by atoms with Gasteiger partial charge in [-0.3, -0.25) is 0 Å². The third kappa shape index (κ3) is 3.25. The molecule has 1 aromatic carbocycles. The maximum Gasteiger partial charge on any atom is 0.329 e. The summed E-state index contributed by atoms with van der Waals surface area (Å²) in [6, 6.07) is 6.46. The van der Waals surface area contributed by atoms with Crippen molar-refractivity contribution in [2.45, 2.75) is 18.9 Å². The minimum Gasteiger partial charge on any atom is -0.480 e. The van der Waals surface area contributed by atoms with E-state index in [0.717, 1.165) is 0 Å². The molecule has 1 aliphatic rings. The molecular formula is C14H15FN2O3. The molecule has 0 radical (unpaired) electrons. The van der Waals surface area contributed by atoms with Gasteiger partial charge in [0.25, 0.3) is 0 Å². The summed E-state index contributed by atoms with van der Waals surface area (Å²) in [5.74, 6) is -1.50. The first-order valence-corrected chi connectivity index (χ1v) is 6.38. The summed E-state index contributed by atoms with van der Waals surface area (Å²) in [4.78, 5) is 12.4. The molecule has 0 bridgehead atoms. The topological polar surface area (TPSA) is 73.6 Å². The standard InChI is InChI=1S/C14H15FN2O3/c15-12-2-1-3-13(11(12)8-16)17-6-4-10(5-7-17)20-9-14(18)19/h1-3,10H,4-7,9H2,(H,18,19). The predicted molar refractivity (Wildman–Crippen MR) is 69.9 cm³/mol. The van der Waals surface area contributed by atoms with Crippen LogP contribution in [0.25, 0.3) is 0 Å². The molecule has 0 amide bonds. The minimum absolute atomic E-state index is 0.0532. The number of aliphatic carboxylic acids is 1. The van der Waals surface area contributed by atoms with Crippen LogP contribution in [0.4, 0.5) is 10.1 Å². The van der Waals surface area contributed by atoms with Crippen molar-refractivity contribution in [3.8, 4) is 6.07 Å². The number of carbonyl (C=O) groups is 1. The van der Waals surface area contributed by atoms with E-state index in [9.17, 15) is 9.18 Å². The van der Waals surface area contributed by atoms with Crippen LogP contribution < -0.4 is 4.90 Å². The Morgan fingerprint density at radius 3 is 2.80 bits per heavy atom. The summed E-state index contributed by atoms with van der Waals surface area (Å²) in [5, 5.41) is 17.6. The second-order valence-electron chi connectivity index (χ2n) is 4.64. The molecule has 0 unspecified atom stereocenters. The van der Waals surface area contributed by atoms with Crippen molar-refractivity contribution in [3.63, 3.8) is 0 Å². The molecule has 106 valence electrons. The Balaban J connectivity index is 1.99. The molecule has 0 saturated carbocycles. The molecule has 1 saturated heterocycles. The monoisotopic (exact) mass is 278 g/mol. The summed E-state index contributed by atoms with van der Waals surface area (Å²) in [6.45, 7) is 0.929. The van der Waals surface area contributed by atoms with E-state index < -0.39 is 11.8 Å². The number of nitriles is 1. The number of carboxylic acid groups (broad SMARTS) is 1. The van der Waals surface area contributed by atoms with Crippen molar-refractivity contribution in [1.82, 2.24) is 0 Å². The van der Waals surface area contributed by atoms with Crippen molar-refractivity contribution < 1.29 is 19.0 Å². The lowest BCUT2D eigenvalue weighted by atomic mass is 10.0. The number of hydrogen-bond donors (Lipinski definition) is 1. The SMILES string of the molecule is N#Cc1c(F)cccc1N1CCC(OCC(=O)O)CC1. The normalized spacial score (nSPS) is 15.9. The van der Waals surface area contributed by atoms with Gasteiger partial charge in [-0.1, -0.05) is 6.07 Å². The number of ether oxygens (including phenoxy) is 1. The van der Waals surface area contributed by atoms with Crippen LogP contribution in [0.2, 0.25) is 0 Å². The van der Waals surface area contributed by atoms with Crippen molar-refractivity contribution in [2.24, 2.45) is 0 Å². The molecule has 2 rings (SSSR count). The van der Waals surface area contributed by atoms with E-state index in [4.69, 9.17) is 15.1 Å². The molecule has 1 heterocycles. The first kappa shape index (κ1) is 14.3. The summed E-state index contributed by atoms with van der Waals surface area (Å²) in [7, 11) is 0. The van der Waals surface area contributed by atoms with Gasteiger partial charge in [-0.2, -0.15) is 5.26 Å². The number of piperidine rings is 1. The molecular weight excluding hydrogens is 263 g/mol. The Morgan fingerprint density at radius 2 is 2.20 bits per heavy atom. The highest BCUT2D eigenvalue weighted by molar-refractivity contribution is 5.68. The molecule has 6 heteroatoms. The first-order chi connectivity index (χ1) is 9.61. The van der Waals surface area contributed by atoms with Gasteiger partial charge in [-0.05, 0) is 25.0 Å². The lowest BCUT2D eigenvalue weighted by molar-refractivity contribution is -0.144. The molecule has 0 aromatic heterocycles. The van der Waals surface area contributed by atoms with Crippen molar-refractivity contribution in [2.75, 3.05) is 24.6 Å². The minimum atomic E-state index is -0.982. The summed E-state index contributed by atoms with van der Waals surface area (Å²) >= 11 is 0. The van der Waals surface area contributed by atoms with E-state index in [1.54, 1.807) is 12.1 Å². The smallest absolute Gasteiger partial charge is 0.329 e. The van der Waals surface area contributed by atoms with Gasteiger partial charge in [0.1, 0.15) is 24.1 Å². The largest absolute Gasteiger partial charge is 0.480 e. The Morgan fingerprint density at radius 1 is 1.50 bits per heavy atom. The van der Waals surface area contributed by atoms with Gasteiger partial charge in [-0.15, -0.1) is 0 Å². The Hall–Kier alpha value is -2.13. The van der Waals surface area contributed by atoms with E-state index in [0.29, 0.717) is 31.6 Å². The van der Waals surface area contributed by atoms with Crippen LogP contribution in [0, 0.1) is 17.1 Å². The van der Waals surface area contributed by atoms with Crippen molar-refractivity contribution in [3.05, 3.63) is 29.6 Å². The molecule has 0 atom stereocenters. The zero-order valence-corrected chi connectivity index (χ0v) is 10.9. The Kier molecular flexibility index (Phi) is 4.53. The molecule has 1 aromatic rings. The maximum atomic E-state index is 13.6. The highest BCUT2D eigenvalue weighted by Gasteiger charge is 2.23. The van der Waals surface area contributed by atoms with Crippen LogP contribution in [0.15, 0.2) is 18.2 Å². The molecule has 1 N–H and O–H groups in total. The first-order valence-electron chi connectivity index (χ1n) is 6.38. The zero-order chi connectivity index (χ0) is 14.5. The van der Waals surface area contributed by atoms with Gasteiger partial charge in [0.2, 0.25) is 0 Å². The van der Waals surface area contributed by atoms with Gasteiger partial charge < -0.3 is 14.7 Å². The average molecular weight is 278 g/mol. The van der Waals surface area contributed by atoms with Gasteiger partial charge in [0.15, 0.2) is 0 Å². The highest BCUT2D eigenvalue weighted by Crippen LogP contribution is 2.26. The molecule has 1 fully saturated rings. The number of benzene rings is 1. The van der Waals surface area contributed by atoms with Gasteiger partial charge in [-0.25, -0.2) is 9.18 Å². The molecule has 0 spiro atoms. The number of hydrogen-bond acceptors (Lipinski definition) is 4. The quantitative estimate of drug-likeness (QED) is 0.908. The lowest BCUT2D eigenvalue weighted by Crippen LogP contribution is -2.38. The second-order valence-corrected chi connectivity index (χ2v) is 4.64. The van der Waals surface area contributed by atoms with Crippen LogP contribution in [0.1, 0.15) is 18.4 Å². The van der Waals surface area contributed by atoms with Gasteiger partial charge in [0.05, 0.1) is 11.8 Å². The average Bonchev–Trinajstić information content (AvgIpc) is 2.45. The number of halogens is 1. The van der Waals surface area contributed by atoms with Crippen LogP contribution in [0.3, 0.4) is 0 Å². The molecule has 20 heavy (non-hydrogen) atoms. The fourth-order valence-corrected chi connectivity index (χ4v) is 2.34. The zero-order valence-electron chi connectivity index (χ0n) is 10.9. The highest BCUT2D eigenvalue weighted by atomic mass is 19.1. The third-order valence-electron chi connectivity index (χ3n) is 3.33. The Bertz CT molecular complexity index is 534. The molecule has 0 aliphatic carbocycles. The van der Waals surface area contributed by atoms with E-state index in [2.05, 4.69) is 0 Å². The summed E-state index contributed by atoms with van der Waals surface area (Å²) < 4.78 is 18.8. The maximum absolute atomic E-state index is 13.6. The van der Waals surface area contributed by atoms with Crippen LogP contribution in [-0.4, -0.2) is 36.9 Å². The van der Waals surface area contributed by atoms with Gasteiger partial charge in [0, 0.05) is 13.1 Å². The fraction of sp³-hybridized carbons (Fsp3) is 0.429. The predicted octanol–water partition coefficient (Wildman–Crippen LogP) is 1.77. The van der Waals surface area contributed by atoms with E-state index in [-0.39, 0.29) is 18.3 Å². The van der Waals surface area contributed by atoms with Crippen LogP contribution >= 0.6 is 0 Å². The second kappa shape index (κ2) is 6.35. The molecule has 5 nitrogen and oxygen atoms in total. The van der Waals surface area contributed by atoms with Crippen molar-refractivity contribution in [1.29, 1.82) is 5.26 Å². The van der Waals surface area contributed by atoms with Crippen molar-refractivity contribution >= 4 is 11.7 Å². The Labute approximate surface area is 116 Å². The lowest BCUT2D eigenvalue weighted by Gasteiger charge is -2.33. The van der Waals surface area contributed by atoms with Crippen LogP contribution in [0.5, 0.6) is 0 Å². The number of rotatable bonds is 4. The van der Waals surface area contributed by atoms with E-state index >= 15 is 0 Å². The van der Waals surface area contributed by atoms with E-state index in [1.807, 2.05) is 11.0 Å². The van der Waals surface area contributed by atoms with Crippen LogP contribution in [-0.2, 0) is 9.53 Å². The third-order valence-corrected chi connectivity index (χ3v) is 3.33. The summed E-state index contributed by atoms with van der Waals surface area (Å²) in [5.41, 5.74) is 0.640. The number of carboxylic acids is 1. The van der Waals surface area contributed by atoms with Gasteiger partial charge >= 0.3 is 5.97 Å². The summed E-state index contributed by atoms with van der Waals surface area (Å²) in [6.07, 6.45) is 1.23. The fourth-order valence-electron chi connectivity index (χ4n) is 2.34. The molecule has 1 aliphatic heterocycles. The van der Waals surface area contributed by atoms with E-state index in [1.165, 1.54) is 6.07 Å². The number of nitrogens with zero attached hydrogens (tertiary/aromatic N) is 2.